The number of allylic oxidation sites excluding steroid dienone is 4. The summed E-state index contributed by atoms with van der Waals surface area (Å²) < 4.78 is 3.77. The Kier molecular flexibility index (Phi) is 4.64. The molecule has 3 aromatic rings. The number of pyridine rings is 1. The van der Waals surface area contributed by atoms with Gasteiger partial charge in [0.15, 0.2) is 0 Å². The van der Waals surface area contributed by atoms with Gasteiger partial charge in [-0.3, -0.25) is 14.3 Å². The number of rotatable bonds is 6. The highest BCUT2D eigenvalue weighted by Gasteiger charge is 2.25. The highest BCUT2D eigenvalue weighted by atomic mass is 16.2. The number of hydrogen-bond acceptors (Lipinski definition) is 4. The Hall–Kier alpha value is -4.07. The summed E-state index contributed by atoms with van der Waals surface area (Å²) in [7, 11) is 0. The van der Waals surface area contributed by atoms with Crippen molar-refractivity contribution in [3.05, 3.63) is 89.7 Å². The molecule has 0 radical (unpaired) electrons. The van der Waals surface area contributed by atoms with Gasteiger partial charge < -0.3 is 9.72 Å². The molecular weight excluding hydrogens is 416 g/mol. The fourth-order valence-electron chi connectivity index (χ4n) is 4.33. The van der Waals surface area contributed by atoms with Crippen LogP contribution >= 0.6 is 0 Å². The normalized spacial score (nSPS) is 19.4. The van der Waals surface area contributed by atoms with Crippen LogP contribution in [0.25, 0.3) is 5.65 Å². The molecule has 0 spiro atoms. The number of imidazole rings is 1. The minimum atomic E-state index is -0.296. The molecule has 0 bridgehead atoms. The quantitative estimate of drug-likeness (QED) is 0.640. The smallest absolute Gasteiger partial charge is 0.270 e. The summed E-state index contributed by atoms with van der Waals surface area (Å²) in [5.41, 5.74) is 5.14. The third-order valence-electron chi connectivity index (χ3n) is 6.19. The molecule has 1 aliphatic heterocycles. The molecule has 1 saturated carbocycles. The number of fused-ring (bicyclic) bond motifs is 2. The van der Waals surface area contributed by atoms with Gasteiger partial charge in [-0.25, -0.2) is 9.98 Å². The van der Waals surface area contributed by atoms with Gasteiger partial charge in [0.25, 0.3) is 11.8 Å². The molecule has 1 N–H and O–H groups in total. The van der Waals surface area contributed by atoms with Crippen LogP contribution < -0.4 is 5.32 Å². The van der Waals surface area contributed by atoms with Gasteiger partial charge in [0.1, 0.15) is 5.65 Å². The van der Waals surface area contributed by atoms with E-state index in [4.69, 9.17) is 0 Å². The third kappa shape index (κ3) is 3.95. The highest BCUT2D eigenvalue weighted by Crippen LogP contribution is 2.39. The molecule has 164 valence electrons. The van der Waals surface area contributed by atoms with E-state index in [2.05, 4.69) is 43.1 Å². The molecule has 6 rings (SSSR count). The van der Waals surface area contributed by atoms with Crippen LogP contribution in [-0.4, -0.2) is 43.2 Å². The lowest BCUT2D eigenvalue weighted by molar-refractivity contribution is -0.113. The predicted molar refractivity (Wildman–Crippen MR) is 123 cm³/mol. The van der Waals surface area contributed by atoms with Crippen LogP contribution in [0.1, 0.15) is 40.4 Å². The Morgan fingerprint density at radius 1 is 1.15 bits per heavy atom. The summed E-state index contributed by atoms with van der Waals surface area (Å²) in [6, 6.07) is 4.21. The Balaban J connectivity index is 1.11. The fourth-order valence-corrected chi connectivity index (χ4v) is 4.33. The van der Waals surface area contributed by atoms with Crippen molar-refractivity contribution in [3.8, 4) is 0 Å². The topological polar surface area (TPSA) is 93.7 Å². The summed E-state index contributed by atoms with van der Waals surface area (Å²) in [5.74, 6) is 0.0821. The SMILES string of the molecule is O=C1C=C(CNC(=O)c2cnn(Cc3cn4cc(C5CC5)ccc4n3)c2)C2C=CC=CC2=N1. The second-order valence-corrected chi connectivity index (χ2v) is 8.66. The maximum absolute atomic E-state index is 12.7. The van der Waals surface area contributed by atoms with Crippen molar-refractivity contribution in [1.29, 1.82) is 0 Å². The van der Waals surface area contributed by atoms with Gasteiger partial charge in [0.2, 0.25) is 0 Å². The maximum atomic E-state index is 12.7. The lowest BCUT2D eigenvalue weighted by Crippen LogP contribution is -2.31. The molecule has 4 heterocycles. The first kappa shape index (κ1) is 19.6. The van der Waals surface area contributed by atoms with Crippen molar-refractivity contribution < 1.29 is 9.59 Å². The summed E-state index contributed by atoms with van der Waals surface area (Å²) in [6.45, 7) is 0.750. The first-order valence-electron chi connectivity index (χ1n) is 11.1. The molecule has 1 fully saturated rings. The van der Waals surface area contributed by atoms with Crippen LogP contribution in [0.4, 0.5) is 0 Å². The second kappa shape index (κ2) is 7.81. The Morgan fingerprint density at radius 3 is 2.94 bits per heavy atom. The standard InChI is InChI=1S/C25H22N6O2/c32-24-9-18(21-3-1-2-4-22(21)29-24)10-26-25(33)19-11-27-31(13-19)15-20-14-30-12-17(16-5-6-16)7-8-23(30)28-20/h1-4,7-9,11-14,16,21H,5-6,10,15H2,(H,26,33). The van der Waals surface area contributed by atoms with Crippen molar-refractivity contribution in [3.63, 3.8) is 0 Å². The zero-order valence-corrected chi connectivity index (χ0v) is 17.9. The first-order valence-corrected chi connectivity index (χ1v) is 11.1. The van der Waals surface area contributed by atoms with Gasteiger partial charge in [0, 0.05) is 37.1 Å². The van der Waals surface area contributed by atoms with E-state index in [0.29, 0.717) is 23.7 Å². The average Bonchev–Trinajstić information content (AvgIpc) is 3.43. The van der Waals surface area contributed by atoms with E-state index >= 15 is 0 Å². The van der Waals surface area contributed by atoms with Crippen molar-refractivity contribution in [2.24, 2.45) is 10.9 Å². The van der Waals surface area contributed by atoms with Crippen molar-refractivity contribution >= 4 is 23.2 Å². The largest absolute Gasteiger partial charge is 0.348 e. The van der Waals surface area contributed by atoms with E-state index in [1.165, 1.54) is 24.5 Å². The lowest BCUT2D eigenvalue weighted by Gasteiger charge is -2.22. The van der Waals surface area contributed by atoms with E-state index in [1.54, 1.807) is 17.1 Å². The van der Waals surface area contributed by atoms with Crippen LogP contribution in [-0.2, 0) is 11.3 Å². The summed E-state index contributed by atoms with van der Waals surface area (Å²) in [5, 5.41) is 7.23. The molecule has 0 aromatic carbocycles. The van der Waals surface area contributed by atoms with Crippen LogP contribution in [0, 0.1) is 5.92 Å². The van der Waals surface area contributed by atoms with Crippen molar-refractivity contribution in [2.45, 2.75) is 25.3 Å². The molecule has 3 aliphatic rings. The molecule has 2 aliphatic carbocycles. The molecule has 3 aromatic heterocycles. The predicted octanol–water partition coefficient (Wildman–Crippen LogP) is 2.84. The number of nitrogens with one attached hydrogen (secondary N) is 1. The van der Waals surface area contributed by atoms with E-state index in [1.807, 2.05) is 30.5 Å². The van der Waals surface area contributed by atoms with E-state index in [-0.39, 0.29) is 24.3 Å². The zero-order valence-electron chi connectivity index (χ0n) is 17.9. The Labute approximate surface area is 190 Å². The number of hydrogen-bond donors (Lipinski definition) is 1. The molecule has 1 atom stereocenters. The molecule has 1 unspecified atom stereocenters. The van der Waals surface area contributed by atoms with Crippen LogP contribution in [0.5, 0.6) is 0 Å². The molecular formula is C25H22N6O2. The number of carbonyl (C=O) groups excluding carboxylic acids is 2. The molecule has 8 heteroatoms. The second-order valence-electron chi connectivity index (χ2n) is 8.66. The van der Waals surface area contributed by atoms with Gasteiger partial charge in [-0.05, 0) is 42.0 Å². The summed E-state index contributed by atoms with van der Waals surface area (Å²) >= 11 is 0. The number of amides is 2. The monoisotopic (exact) mass is 438 g/mol. The number of nitrogens with zero attached hydrogens (tertiary/aromatic N) is 5. The fraction of sp³-hybridized carbons (Fsp3) is 0.240. The lowest BCUT2D eigenvalue weighted by atomic mass is 9.88. The van der Waals surface area contributed by atoms with E-state index in [9.17, 15) is 9.59 Å². The van der Waals surface area contributed by atoms with E-state index < -0.39 is 0 Å². The molecule has 0 saturated heterocycles. The first-order chi connectivity index (χ1) is 16.1. The van der Waals surface area contributed by atoms with Crippen LogP contribution in [0.3, 0.4) is 0 Å². The van der Waals surface area contributed by atoms with Gasteiger partial charge in [-0.15, -0.1) is 0 Å². The average molecular weight is 438 g/mol. The van der Waals surface area contributed by atoms with Crippen molar-refractivity contribution in [2.75, 3.05) is 6.54 Å². The minimum absolute atomic E-state index is 0.0776. The molecule has 33 heavy (non-hydrogen) atoms. The Bertz CT molecular complexity index is 1400. The number of aromatic nitrogens is 4. The number of aliphatic imine (C=N–C) groups is 1. The van der Waals surface area contributed by atoms with Crippen LogP contribution in [0.2, 0.25) is 0 Å². The van der Waals surface area contributed by atoms with Gasteiger partial charge in [0.05, 0.1) is 29.7 Å². The Morgan fingerprint density at radius 2 is 2.06 bits per heavy atom. The van der Waals surface area contributed by atoms with Gasteiger partial charge in [-0.2, -0.15) is 5.10 Å². The molecule has 2 amide bonds. The van der Waals surface area contributed by atoms with Crippen molar-refractivity contribution in [1.82, 2.24) is 24.5 Å². The summed E-state index contributed by atoms with van der Waals surface area (Å²) in [6.07, 6.45) is 19.0. The minimum Gasteiger partial charge on any atom is -0.348 e. The third-order valence-corrected chi connectivity index (χ3v) is 6.19. The molecule has 8 nitrogen and oxygen atoms in total. The maximum Gasteiger partial charge on any atom is 0.270 e. The van der Waals surface area contributed by atoms with Gasteiger partial charge in [-0.1, -0.05) is 24.3 Å². The number of carbonyl (C=O) groups is 2. The number of dihydropyridines is 1. The van der Waals surface area contributed by atoms with Gasteiger partial charge >= 0.3 is 0 Å². The zero-order chi connectivity index (χ0) is 22.4. The summed E-state index contributed by atoms with van der Waals surface area (Å²) in [4.78, 5) is 33.3. The van der Waals surface area contributed by atoms with E-state index in [0.717, 1.165) is 16.9 Å². The highest BCUT2D eigenvalue weighted by molar-refractivity contribution is 6.12. The van der Waals surface area contributed by atoms with Crippen LogP contribution in [0.15, 0.2) is 77.9 Å².